The van der Waals surface area contributed by atoms with Crippen molar-refractivity contribution in [2.75, 3.05) is 0 Å². The molecule has 2 rings (SSSR count). The molecule has 0 spiro atoms. The van der Waals surface area contributed by atoms with Gasteiger partial charge < -0.3 is 9.73 Å². The second-order valence-corrected chi connectivity index (χ2v) is 4.43. The number of nitro groups is 1. The number of carbonyl (C=O) groups is 1. The van der Waals surface area contributed by atoms with Crippen LogP contribution in [0.1, 0.15) is 24.3 Å². The summed E-state index contributed by atoms with van der Waals surface area (Å²) in [5.41, 5.74) is 0.575. The Hall–Kier alpha value is -2.89. The summed E-state index contributed by atoms with van der Waals surface area (Å²) in [5, 5.41) is 13.4. The number of carbonyl (C=O) groups excluding carboxylic acids is 1. The first-order valence-corrected chi connectivity index (χ1v) is 6.32. The average molecular weight is 286 g/mol. The van der Waals surface area contributed by atoms with Crippen LogP contribution in [-0.4, -0.2) is 10.8 Å². The molecule has 0 aliphatic carbocycles. The molecule has 6 heteroatoms. The van der Waals surface area contributed by atoms with Gasteiger partial charge in [-0.25, -0.2) is 0 Å². The van der Waals surface area contributed by atoms with Crippen molar-refractivity contribution >= 4 is 17.7 Å². The third kappa shape index (κ3) is 4.04. The molecule has 0 radical (unpaired) electrons. The van der Waals surface area contributed by atoms with Crippen LogP contribution in [0.25, 0.3) is 6.08 Å². The van der Waals surface area contributed by atoms with Gasteiger partial charge in [0.05, 0.1) is 17.2 Å². The van der Waals surface area contributed by atoms with E-state index in [1.807, 2.05) is 0 Å². The highest BCUT2D eigenvalue weighted by Gasteiger charge is 2.09. The molecule has 6 nitrogen and oxygen atoms in total. The molecule has 2 aromatic rings. The smallest absolute Gasteiger partial charge is 0.270 e. The topological polar surface area (TPSA) is 85.4 Å². The molecule has 1 N–H and O–H groups in total. The lowest BCUT2D eigenvalue weighted by atomic mass is 10.2. The Kier molecular flexibility index (Phi) is 4.50. The van der Waals surface area contributed by atoms with Gasteiger partial charge in [0, 0.05) is 18.2 Å². The minimum Gasteiger partial charge on any atom is -0.467 e. The monoisotopic (exact) mass is 286 g/mol. The third-order valence-corrected chi connectivity index (χ3v) is 2.84. The standard InChI is InChI=1S/C15H14N2O4/c1-11(14-6-3-9-21-14)16-15(18)8-7-12-4-2-5-13(10-12)17(19)20/h2-11H,1H3,(H,16,18)/b8-7+/t11-/m1/s1. The van der Waals surface area contributed by atoms with Crippen molar-refractivity contribution in [1.29, 1.82) is 0 Å². The molecule has 0 bridgehead atoms. The SMILES string of the molecule is C[C@@H](NC(=O)/C=C/c1cccc([N+](=O)[O-])c1)c1ccco1. The predicted molar refractivity (Wildman–Crippen MR) is 77.4 cm³/mol. The maximum absolute atomic E-state index is 11.8. The zero-order valence-corrected chi connectivity index (χ0v) is 11.4. The van der Waals surface area contributed by atoms with E-state index < -0.39 is 4.92 Å². The van der Waals surface area contributed by atoms with E-state index in [0.717, 1.165) is 0 Å². The summed E-state index contributed by atoms with van der Waals surface area (Å²) in [6.07, 6.45) is 4.40. The molecule has 1 aromatic heterocycles. The Bertz CT molecular complexity index is 662. The first-order valence-electron chi connectivity index (χ1n) is 6.32. The largest absolute Gasteiger partial charge is 0.467 e. The first-order chi connectivity index (χ1) is 10.1. The number of benzene rings is 1. The van der Waals surface area contributed by atoms with Crippen LogP contribution in [0.4, 0.5) is 5.69 Å². The van der Waals surface area contributed by atoms with Crippen molar-refractivity contribution in [3.63, 3.8) is 0 Å². The highest BCUT2D eigenvalue weighted by molar-refractivity contribution is 5.92. The van der Waals surface area contributed by atoms with Crippen LogP contribution in [0.2, 0.25) is 0 Å². The van der Waals surface area contributed by atoms with Crippen molar-refractivity contribution in [3.8, 4) is 0 Å². The lowest BCUT2D eigenvalue weighted by Crippen LogP contribution is -2.24. The van der Waals surface area contributed by atoms with E-state index in [9.17, 15) is 14.9 Å². The van der Waals surface area contributed by atoms with Crippen molar-refractivity contribution in [2.24, 2.45) is 0 Å². The first kappa shape index (κ1) is 14.5. The Morgan fingerprint density at radius 1 is 1.38 bits per heavy atom. The van der Waals surface area contributed by atoms with Crippen LogP contribution < -0.4 is 5.32 Å². The summed E-state index contributed by atoms with van der Waals surface area (Å²) in [6.45, 7) is 1.80. The van der Waals surface area contributed by atoms with E-state index in [-0.39, 0.29) is 17.6 Å². The highest BCUT2D eigenvalue weighted by Crippen LogP contribution is 2.15. The maximum Gasteiger partial charge on any atom is 0.270 e. The molecule has 0 aliphatic heterocycles. The van der Waals surface area contributed by atoms with E-state index in [0.29, 0.717) is 11.3 Å². The molecule has 108 valence electrons. The quantitative estimate of drug-likeness (QED) is 0.520. The third-order valence-electron chi connectivity index (χ3n) is 2.84. The molecular formula is C15H14N2O4. The number of nitrogens with zero attached hydrogens (tertiary/aromatic N) is 1. The van der Waals surface area contributed by atoms with E-state index in [1.54, 1.807) is 31.2 Å². The Labute approximate surface area is 121 Å². The number of rotatable bonds is 5. The average Bonchev–Trinajstić information content (AvgIpc) is 2.99. The summed E-state index contributed by atoms with van der Waals surface area (Å²) in [5.74, 6) is 0.359. The van der Waals surface area contributed by atoms with Crippen LogP contribution in [0.5, 0.6) is 0 Å². The summed E-state index contributed by atoms with van der Waals surface area (Å²) in [6, 6.07) is 9.33. The van der Waals surface area contributed by atoms with Gasteiger partial charge in [0.15, 0.2) is 0 Å². The zero-order valence-electron chi connectivity index (χ0n) is 11.4. The van der Waals surface area contributed by atoms with Crippen LogP contribution in [0.15, 0.2) is 53.2 Å². The van der Waals surface area contributed by atoms with Gasteiger partial charge in [0.1, 0.15) is 5.76 Å². The Balaban J connectivity index is 1.99. The molecule has 1 amide bonds. The van der Waals surface area contributed by atoms with Gasteiger partial charge in [-0.05, 0) is 30.7 Å². The number of hydrogen-bond acceptors (Lipinski definition) is 4. The number of hydrogen-bond donors (Lipinski definition) is 1. The van der Waals surface area contributed by atoms with E-state index in [1.165, 1.54) is 30.5 Å². The lowest BCUT2D eigenvalue weighted by molar-refractivity contribution is -0.384. The van der Waals surface area contributed by atoms with Gasteiger partial charge in [-0.3, -0.25) is 14.9 Å². The van der Waals surface area contributed by atoms with Crippen LogP contribution in [-0.2, 0) is 4.79 Å². The van der Waals surface area contributed by atoms with Crippen LogP contribution in [0, 0.1) is 10.1 Å². The molecule has 1 heterocycles. The summed E-state index contributed by atoms with van der Waals surface area (Å²) < 4.78 is 5.19. The molecule has 21 heavy (non-hydrogen) atoms. The fourth-order valence-corrected chi connectivity index (χ4v) is 1.78. The molecule has 0 fully saturated rings. The van der Waals surface area contributed by atoms with Crippen molar-refractivity contribution < 1.29 is 14.1 Å². The van der Waals surface area contributed by atoms with Gasteiger partial charge >= 0.3 is 0 Å². The van der Waals surface area contributed by atoms with Gasteiger partial charge in [-0.15, -0.1) is 0 Å². The zero-order chi connectivity index (χ0) is 15.2. The molecule has 0 saturated heterocycles. The summed E-state index contributed by atoms with van der Waals surface area (Å²) >= 11 is 0. The van der Waals surface area contributed by atoms with Gasteiger partial charge in [-0.2, -0.15) is 0 Å². The Morgan fingerprint density at radius 2 is 2.19 bits per heavy atom. The molecule has 1 aromatic carbocycles. The minimum atomic E-state index is -0.476. The van der Waals surface area contributed by atoms with Gasteiger partial charge in [0.25, 0.3) is 5.69 Å². The van der Waals surface area contributed by atoms with Crippen molar-refractivity contribution in [3.05, 3.63) is 70.2 Å². The number of nitrogens with one attached hydrogen (secondary N) is 1. The van der Waals surface area contributed by atoms with E-state index in [4.69, 9.17) is 4.42 Å². The lowest BCUT2D eigenvalue weighted by Gasteiger charge is -2.08. The highest BCUT2D eigenvalue weighted by atomic mass is 16.6. The second-order valence-electron chi connectivity index (χ2n) is 4.43. The van der Waals surface area contributed by atoms with E-state index in [2.05, 4.69) is 5.32 Å². The number of nitro benzene ring substituents is 1. The van der Waals surface area contributed by atoms with Crippen LogP contribution in [0.3, 0.4) is 0 Å². The summed E-state index contributed by atoms with van der Waals surface area (Å²) in [4.78, 5) is 22.0. The molecule has 0 saturated carbocycles. The van der Waals surface area contributed by atoms with E-state index >= 15 is 0 Å². The molecular weight excluding hydrogens is 272 g/mol. The number of amides is 1. The summed E-state index contributed by atoms with van der Waals surface area (Å²) in [7, 11) is 0. The fraction of sp³-hybridized carbons (Fsp3) is 0.133. The molecule has 0 unspecified atom stereocenters. The minimum absolute atomic E-state index is 0.0125. The van der Waals surface area contributed by atoms with Gasteiger partial charge in [-0.1, -0.05) is 12.1 Å². The Morgan fingerprint density at radius 3 is 2.86 bits per heavy atom. The number of furan rings is 1. The van der Waals surface area contributed by atoms with Gasteiger partial charge in [0.2, 0.25) is 5.91 Å². The van der Waals surface area contributed by atoms with Crippen molar-refractivity contribution in [2.45, 2.75) is 13.0 Å². The van der Waals surface area contributed by atoms with Crippen molar-refractivity contribution in [1.82, 2.24) is 5.32 Å². The van der Waals surface area contributed by atoms with Crippen LogP contribution >= 0.6 is 0 Å². The number of non-ortho nitro benzene ring substituents is 1. The maximum atomic E-state index is 11.8. The second kappa shape index (κ2) is 6.51. The predicted octanol–water partition coefficient (Wildman–Crippen LogP) is 3.08. The molecule has 1 atom stereocenters. The molecule has 0 aliphatic rings. The normalized spacial score (nSPS) is 12.2. The fourth-order valence-electron chi connectivity index (χ4n) is 1.78.